The number of hydrogen-bond donors (Lipinski definition) is 0. The number of Topliss-reactive ketones (excluding diaryl/α,β-unsaturated/α-hetero) is 1. The third-order valence-corrected chi connectivity index (χ3v) is 12.8. The van der Waals surface area contributed by atoms with Crippen LogP contribution in [0.5, 0.6) is 0 Å². The Morgan fingerprint density at radius 3 is 2.52 bits per heavy atom. The van der Waals surface area contributed by atoms with E-state index in [1.807, 2.05) is 5.57 Å². The standard InChI is InChI=1S/C24H36OS2/c1-4-5-16-14-17-18-6-7-21(25)23(18,3)9-8-19(17)22(2)10-11-24(15-20(16)22)26-12-13-27-24/h15-19H,4-14H2,1-3H3/t16-,17+,18+,19+,22-,23+/m1/s1. The van der Waals surface area contributed by atoms with Crippen molar-refractivity contribution in [1.82, 2.24) is 0 Å². The molecule has 1 saturated heterocycles. The average Bonchev–Trinajstić information content (AvgIpc) is 3.22. The molecule has 1 nitrogen and oxygen atoms in total. The quantitative estimate of drug-likeness (QED) is 0.475. The highest BCUT2D eigenvalue weighted by Crippen LogP contribution is 2.68. The summed E-state index contributed by atoms with van der Waals surface area (Å²) in [6.07, 6.45) is 14.1. The Labute approximate surface area is 174 Å². The van der Waals surface area contributed by atoms with Crippen LogP contribution in [0.2, 0.25) is 0 Å². The summed E-state index contributed by atoms with van der Waals surface area (Å²) in [6, 6.07) is 0. The van der Waals surface area contributed by atoms with Crippen LogP contribution in [0.25, 0.3) is 0 Å². The molecular formula is C24H36OS2. The molecule has 4 aliphatic carbocycles. The first-order valence-corrected chi connectivity index (χ1v) is 13.4. The van der Waals surface area contributed by atoms with Gasteiger partial charge >= 0.3 is 0 Å². The van der Waals surface area contributed by atoms with Crippen molar-refractivity contribution < 1.29 is 4.79 Å². The van der Waals surface area contributed by atoms with Crippen molar-refractivity contribution in [2.75, 3.05) is 11.5 Å². The molecule has 1 heterocycles. The Kier molecular flexibility index (Phi) is 4.64. The van der Waals surface area contributed by atoms with Crippen LogP contribution in [0.3, 0.4) is 0 Å². The van der Waals surface area contributed by atoms with Crippen molar-refractivity contribution in [2.45, 2.75) is 82.6 Å². The first-order valence-electron chi connectivity index (χ1n) is 11.5. The van der Waals surface area contributed by atoms with Gasteiger partial charge in [0.2, 0.25) is 0 Å². The summed E-state index contributed by atoms with van der Waals surface area (Å²) in [6.45, 7) is 7.33. The van der Waals surface area contributed by atoms with E-state index in [2.05, 4.69) is 50.4 Å². The van der Waals surface area contributed by atoms with Gasteiger partial charge in [-0.2, -0.15) is 0 Å². The van der Waals surface area contributed by atoms with Crippen molar-refractivity contribution in [1.29, 1.82) is 0 Å². The normalized spacial score (nSPS) is 48.1. The Morgan fingerprint density at radius 1 is 1.04 bits per heavy atom. The molecule has 0 aromatic rings. The molecule has 0 N–H and O–H groups in total. The molecule has 0 amide bonds. The highest BCUT2D eigenvalue weighted by molar-refractivity contribution is 8.21. The van der Waals surface area contributed by atoms with Crippen molar-refractivity contribution in [3.63, 3.8) is 0 Å². The summed E-state index contributed by atoms with van der Waals surface area (Å²) in [5.74, 6) is 6.33. The molecule has 4 fully saturated rings. The van der Waals surface area contributed by atoms with E-state index in [9.17, 15) is 4.79 Å². The second-order valence-electron chi connectivity index (χ2n) is 10.5. The average molecular weight is 405 g/mol. The highest BCUT2D eigenvalue weighted by Gasteiger charge is 2.61. The lowest BCUT2D eigenvalue weighted by Gasteiger charge is -2.60. The fourth-order valence-electron chi connectivity index (χ4n) is 7.99. The van der Waals surface area contributed by atoms with Crippen LogP contribution < -0.4 is 0 Å². The monoisotopic (exact) mass is 404 g/mol. The van der Waals surface area contributed by atoms with Crippen molar-refractivity contribution in [2.24, 2.45) is 34.5 Å². The number of fused-ring (bicyclic) bond motifs is 5. The van der Waals surface area contributed by atoms with Crippen LogP contribution in [0, 0.1) is 34.5 Å². The summed E-state index contributed by atoms with van der Waals surface area (Å²) < 4.78 is 0.403. The topological polar surface area (TPSA) is 17.1 Å². The van der Waals surface area contributed by atoms with Gasteiger partial charge in [-0.05, 0) is 74.0 Å². The van der Waals surface area contributed by atoms with Crippen molar-refractivity contribution >= 4 is 29.3 Å². The Bertz CT molecular complexity index is 663. The lowest BCUT2D eigenvalue weighted by Crippen LogP contribution is -2.53. The van der Waals surface area contributed by atoms with E-state index in [1.165, 1.54) is 56.5 Å². The van der Waals surface area contributed by atoms with Gasteiger partial charge in [0, 0.05) is 23.3 Å². The van der Waals surface area contributed by atoms with E-state index >= 15 is 0 Å². The maximum Gasteiger partial charge on any atom is 0.139 e. The summed E-state index contributed by atoms with van der Waals surface area (Å²) >= 11 is 4.45. The molecule has 27 heavy (non-hydrogen) atoms. The molecule has 5 rings (SSSR count). The molecule has 3 saturated carbocycles. The fraction of sp³-hybridized carbons (Fsp3) is 0.875. The third-order valence-electron chi connectivity index (χ3n) is 9.40. The van der Waals surface area contributed by atoms with Crippen LogP contribution in [-0.4, -0.2) is 21.4 Å². The second-order valence-corrected chi connectivity index (χ2v) is 13.7. The van der Waals surface area contributed by atoms with Gasteiger partial charge in [-0.25, -0.2) is 0 Å². The molecule has 0 unspecified atom stereocenters. The molecule has 150 valence electrons. The zero-order chi connectivity index (χ0) is 18.9. The molecule has 1 spiro atoms. The molecule has 0 aromatic carbocycles. The van der Waals surface area contributed by atoms with E-state index < -0.39 is 0 Å². The predicted octanol–water partition coefficient (Wildman–Crippen LogP) is 6.72. The Balaban J connectivity index is 1.54. The van der Waals surface area contributed by atoms with Gasteiger partial charge in [-0.1, -0.05) is 38.8 Å². The number of allylic oxidation sites excluding steroid dienone is 1. The number of ketones is 1. The second kappa shape index (κ2) is 6.56. The smallest absolute Gasteiger partial charge is 0.139 e. The van der Waals surface area contributed by atoms with Gasteiger partial charge in [0.25, 0.3) is 0 Å². The van der Waals surface area contributed by atoms with Gasteiger partial charge in [0.15, 0.2) is 0 Å². The number of carbonyl (C=O) groups is 1. The van der Waals surface area contributed by atoms with E-state index in [4.69, 9.17) is 0 Å². The van der Waals surface area contributed by atoms with E-state index in [0.29, 0.717) is 21.2 Å². The van der Waals surface area contributed by atoms with Crippen LogP contribution in [0.15, 0.2) is 11.6 Å². The number of thioether (sulfide) groups is 2. The number of rotatable bonds is 2. The zero-order valence-corrected chi connectivity index (χ0v) is 19.0. The molecular weight excluding hydrogens is 368 g/mol. The van der Waals surface area contributed by atoms with Crippen LogP contribution in [0.4, 0.5) is 0 Å². The van der Waals surface area contributed by atoms with Gasteiger partial charge in [-0.3, -0.25) is 4.79 Å². The van der Waals surface area contributed by atoms with E-state index in [0.717, 1.165) is 30.6 Å². The summed E-state index contributed by atoms with van der Waals surface area (Å²) in [4.78, 5) is 12.7. The van der Waals surface area contributed by atoms with E-state index in [-0.39, 0.29) is 5.41 Å². The molecule has 1 aliphatic heterocycles. The van der Waals surface area contributed by atoms with Crippen LogP contribution >= 0.6 is 23.5 Å². The predicted molar refractivity (Wildman–Crippen MR) is 118 cm³/mol. The first kappa shape index (κ1) is 19.1. The van der Waals surface area contributed by atoms with Crippen molar-refractivity contribution in [3.05, 3.63) is 11.6 Å². The fourth-order valence-corrected chi connectivity index (χ4v) is 11.1. The van der Waals surface area contributed by atoms with Gasteiger partial charge in [-0.15, -0.1) is 23.5 Å². The maximum atomic E-state index is 12.7. The molecule has 0 radical (unpaired) electrons. The summed E-state index contributed by atoms with van der Waals surface area (Å²) in [5.41, 5.74) is 2.28. The number of carbonyl (C=O) groups excluding carboxylic acids is 1. The van der Waals surface area contributed by atoms with Crippen LogP contribution in [0.1, 0.15) is 78.6 Å². The SMILES string of the molecule is CCC[C@@H]1C[C@@H]2[C@H](CC[C@]3(C)C(=O)CC[C@@H]23)[C@@]2(C)CCC3(C=C12)SCCS3. The molecule has 0 aromatic heterocycles. The van der Waals surface area contributed by atoms with Gasteiger partial charge < -0.3 is 0 Å². The number of hydrogen-bond acceptors (Lipinski definition) is 3. The molecule has 6 atom stereocenters. The first-order chi connectivity index (χ1) is 12.9. The third kappa shape index (κ3) is 2.69. The minimum absolute atomic E-state index is 0.0164. The molecule has 3 heteroatoms. The van der Waals surface area contributed by atoms with E-state index in [1.54, 1.807) is 0 Å². The largest absolute Gasteiger partial charge is 0.299 e. The minimum Gasteiger partial charge on any atom is -0.299 e. The lowest BCUT2D eigenvalue weighted by atomic mass is 9.45. The highest BCUT2D eigenvalue weighted by atomic mass is 32.2. The van der Waals surface area contributed by atoms with Crippen molar-refractivity contribution in [3.8, 4) is 0 Å². The van der Waals surface area contributed by atoms with Gasteiger partial charge in [0.05, 0.1) is 4.08 Å². The Hall–Kier alpha value is 0.110. The minimum atomic E-state index is 0.0164. The zero-order valence-electron chi connectivity index (χ0n) is 17.4. The van der Waals surface area contributed by atoms with Gasteiger partial charge in [0.1, 0.15) is 5.78 Å². The molecule has 0 bridgehead atoms. The summed E-state index contributed by atoms with van der Waals surface area (Å²) in [7, 11) is 0. The maximum absolute atomic E-state index is 12.7. The van der Waals surface area contributed by atoms with Crippen LogP contribution in [-0.2, 0) is 4.79 Å². The summed E-state index contributed by atoms with van der Waals surface area (Å²) in [5, 5.41) is 0. The molecule has 5 aliphatic rings. The lowest BCUT2D eigenvalue weighted by molar-refractivity contribution is -0.133. The Morgan fingerprint density at radius 2 is 1.78 bits per heavy atom.